The summed E-state index contributed by atoms with van der Waals surface area (Å²) in [6, 6.07) is 5.56. The molecule has 2 heterocycles. The van der Waals surface area contributed by atoms with Gasteiger partial charge in [0.1, 0.15) is 0 Å². The fourth-order valence-corrected chi connectivity index (χ4v) is 3.18. The smallest absolute Gasteiger partial charge is 0.264 e. The average Bonchev–Trinajstić information content (AvgIpc) is 2.94. The van der Waals surface area contributed by atoms with Crippen molar-refractivity contribution in [2.24, 2.45) is 0 Å². The molecular weight excluding hydrogens is 310 g/mol. The first-order chi connectivity index (χ1) is 10.2. The number of nitrogens with zero attached hydrogens (tertiary/aromatic N) is 3. The molecular formula is C14H18ClN3O2S. The maximum absolute atomic E-state index is 12.5. The van der Waals surface area contributed by atoms with Gasteiger partial charge in [-0.3, -0.25) is 9.69 Å². The van der Waals surface area contributed by atoms with Crippen molar-refractivity contribution >= 4 is 28.8 Å². The fraction of sp³-hybridized carbons (Fsp3) is 0.571. The number of hydrogen-bond donors (Lipinski definition) is 0. The molecule has 0 bridgehead atoms. The van der Waals surface area contributed by atoms with Crippen LogP contribution in [0.25, 0.3) is 0 Å². The van der Waals surface area contributed by atoms with E-state index in [0.717, 1.165) is 32.8 Å². The van der Waals surface area contributed by atoms with Crippen LogP contribution in [0.15, 0.2) is 12.1 Å². The van der Waals surface area contributed by atoms with E-state index in [1.165, 1.54) is 11.3 Å². The van der Waals surface area contributed by atoms with Crippen LogP contribution in [0.2, 0.25) is 4.34 Å². The van der Waals surface area contributed by atoms with E-state index in [1.807, 2.05) is 0 Å². The summed E-state index contributed by atoms with van der Waals surface area (Å²) in [5.74, 6) is -0.0459. The molecule has 7 heteroatoms. The van der Waals surface area contributed by atoms with E-state index in [2.05, 4.69) is 11.0 Å². The van der Waals surface area contributed by atoms with E-state index in [4.69, 9.17) is 21.6 Å². The Kier molecular flexibility index (Phi) is 6.46. The molecule has 21 heavy (non-hydrogen) atoms. The summed E-state index contributed by atoms with van der Waals surface area (Å²) in [7, 11) is 0. The molecule has 0 unspecified atom stereocenters. The number of ether oxygens (including phenoxy) is 1. The molecule has 0 N–H and O–H groups in total. The third kappa shape index (κ3) is 4.97. The van der Waals surface area contributed by atoms with Crippen LogP contribution in [0, 0.1) is 11.3 Å². The lowest BCUT2D eigenvalue weighted by molar-refractivity contribution is 0.0327. The first-order valence-electron chi connectivity index (χ1n) is 6.92. The minimum absolute atomic E-state index is 0.0459. The third-order valence-corrected chi connectivity index (χ3v) is 4.57. The van der Waals surface area contributed by atoms with Crippen molar-refractivity contribution in [1.82, 2.24) is 9.80 Å². The highest BCUT2D eigenvalue weighted by Crippen LogP contribution is 2.22. The van der Waals surface area contributed by atoms with Gasteiger partial charge in [0, 0.05) is 32.7 Å². The summed E-state index contributed by atoms with van der Waals surface area (Å²) in [5, 5.41) is 8.76. The van der Waals surface area contributed by atoms with E-state index in [-0.39, 0.29) is 5.91 Å². The predicted molar refractivity (Wildman–Crippen MR) is 82.7 cm³/mol. The summed E-state index contributed by atoms with van der Waals surface area (Å²) in [5.41, 5.74) is 0. The molecule has 0 spiro atoms. The number of morpholine rings is 1. The van der Waals surface area contributed by atoms with Gasteiger partial charge in [0.05, 0.1) is 34.9 Å². The Bertz CT molecular complexity index is 509. The van der Waals surface area contributed by atoms with Crippen molar-refractivity contribution < 1.29 is 9.53 Å². The van der Waals surface area contributed by atoms with Crippen LogP contribution in [0.4, 0.5) is 0 Å². The molecule has 1 aliphatic rings. The monoisotopic (exact) mass is 327 g/mol. The lowest BCUT2D eigenvalue weighted by atomic mass is 10.3. The highest BCUT2D eigenvalue weighted by atomic mass is 35.5. The lowest BCUT2D eigenvalue weighted by Gasteiger charge is -2.29. The first-order valence-corrected chi connectivity index (χ1v) is 8.12. The van der Waals surface area contributed by atoms with E-state index in [9.17, 15) is 4.79 Å². The molecule has 114 valence electrons. The number of amides is 1. The second-order valence-electron chi connectivity index (χ2n) is 4.76. The van der Waals surface area contributed by atoms with E-state index < -0.39 is 0 Å². The van der Waals surface area contributed by atoms with Gasteiger partial charge in [-0.15, -0.1) is 11.3 Å². The van der Waals surface area contributed by atoms with Crippen LogP contribution in [0.5, 0.6) is 0 Å². The predicted octanol–water partition coefficient (Wildman–Crippen LogP) is 2.09. The van der Waals surface area contributed by atoms with Crippen molar-refractivity contribution in [3.05, 3.63) is 21.3 Å². The molecule has 2 rings (SSSR count). The first kappa shape index (κ1) is 16.2. The Hall–Kier alpha value is -1.13. The van der Waals surface area contributed by atoms with E-state index in [0.29, 0.717) is 28.7 Å². The number of thiophene rings is 1. The summed E-state index contributed by atoms with van der Waals surface area (Å²) in [4.78, 5) is 17.1. The summed E-state index contributed by atoms with van der Waals surface area (Å²) < 4.78 is 5.92. The van der Waals surface area contributed by atoms with E-state index >= 15 is 0 Å². The van der Waals surface area contributed by atoms with Gasteiger partial charge < -0.3 is 9.64 Å². The van der Waals surface area contributed by atoms with Gasteiger partial charge in [0.15, 0.2) is 0 Å². The molecule has 0 aromatic carbocycles. The SMILES string of the molecule is N#CCCN(CCN1CCOCC1)C(=O)c1ccc(Cl)s1. The van der Waals surface area contributed by atoms with Gasteiger partial charge in [-0.1, -0.05) is 11.6 Å². The molecule has 0 radical (unpaired) electrons. The number of hydrogen-bond acceptors (Lipinski definition) is 5. The van der Waals surface area contributed by atoms with Crippen LogP contribution in [0.1, 0.15) is 16.1 Å². The fourth-order valence-electron chi connectivity index (χ4n) is 2.17. The Balaban J connectivity index is 1.93. The topological polar surface area (TPSA) is 56.6 Å². The minimum atomic E-state index is -0.0459. The van der Waals surface area contributed by atoms with Crippen LogP contribution in [-0.4, -0.2) is 61.6 Å². The molecule has 1 fully saturated rings. The maximum atomic E-state index is 12.5. The van der Waals surface area contributed by atoms with Gasteiger partial charge in [-0.05, 0) is 12.1 Å². The molecule has 0 saturated carbocycles. The van der Waals surface area contributed by atoms with Gasteiger partial charge in [0.25, 0.3) is 5.91 Å². The minimum Gasteiger partial charge on any atom is -0.379 e. The number of rotatable bonds is 6. The Morgan fingerprint density at radius 2 is 2.19 bits per heavy atom. The van der Waals surface area contributed by atoms with Crippen molar-refractivity contribution in [3.63, 3.8) is 0 Å². The number of nitriles is 1. The highest BCUT2D eigenvalue weighted by molar-refractivity contribution is 7.17. The van der Waals surface area contributed by atoms with Crippen molar-refractivity contribution in [2.45, 2.75) is 6.42 Å². The molecule has 1 aromatic rings. The zero-order valence-corrected chi connectivity index (χ0v) is 13.3. The zero-order chi connectivity index (χ0) is 15.1. The van der Waals surface area contributed by atoms with Crippen LogP contribution < -0.4 is 0 Å². The zero-order valence-electron chi connectivity index (χ0n) is 11.8. The second kappa shape index (κ2) is 8.35. The Labute approximate surface area is 133 Å². The van der Waals surface area contributed by atoms with Gasteiger partial charge in [-0.2, -0.15) is 5.26 Å². The molecule has 1 aliphatic heterocycles. The molecule has 1 saturated heterocycles. The number of halogens is 1. The second-order valence-corrected chi connectivity index (χ2v) is 6.47. The summed E-state index contributed by atoms with van der Waals surface area (Å²) in [6.45, 7) is 5.15. The van der Waals surface area contributed by atoms with Crippen LogP contribution in [-0.2, 0) is 4.74 Å². The van der Waals surface area contributed by atoms with Crippen molar-refractivity contribution in [3.8, 4) is 6.07 Å². The molecule has 0 atom stereocenters. The molecule has 1 amide bonds. The van der Waals surface area contributed by atoms with Crippen LogP contribution in [0.3, 0.4) is 0 Å². The van der Waals surface area contributed by atoms with Crippen molar-refractivity contribution in [1.29, 1.82) is 5.26 Å². The average molecular weight is 328 g/mol. The maximum Gasteiger partial charge on any atom is 0.264 e. The van der Waals surface area contributed by atoms with E-state index in [1.54, 1.807) is 17.0 Å². The summed E-state index contributed by atoms with van der Waals surface area (Å²) in [6.07, 6.45) is 0.341. The highest BCUT2D eigenvalue weighted by Gasteiger charge is 2.19. The van der Waals surface area contributed by atoms with Gasteiger partial charge in [-0.25, -0.2) is 0 Å². The largest absolute Gasteiger partial charge is 0.379 e. The Morgan fingerprint density at radius 1 is 1.43 bits per heavy atom. The summed E-state index contributed by atoms with van der Waals surface area (Å²) >= 11 is 7.16. The number of carbonyl (C=O) groups is 1. The molecule has 1 aromatic heterocycles. The molecule has 5 nitrogen and oxygen atoms in total. The van der Waals surface area contributed by atoms with Crippen molar-refractivity contribution in [2.75, 3.05) is 45.9 Å². The van der Waals surface area contributed by atoms with Gasteiger partial charge >= 0.3 is 0 Å². The Morgan fingerprint density at radius 3 is 2.81 bits per heavy atom. The third-order valence-electron chi connectivity index (χ3n) is 3.35. The lowest BCUT2D eigenvalue weighted by Crippen LogP contribution is -2.43. The molecule has 0 aliphatic carbocycles. The van der Waals surface area contributed by atoms with Gasteiger partial charge in [0.2, 0.25) is 0 Å². The standard InChI is InChI=1S/C14H18ClN3O2S/c15-13-3-2-12(21-13)14(19)18(5-1-4-16)7-6-17-8-10-20-11-9-17/h2-3H,1,5-11H2. The quantitative estimate of drug-likeness (QED) is 0.803. The van der Waals surface area contributed by atoms with Crippen LogP contribution >= 0.6 is 22.9 Å². The normalized spacial score (nSPS) is 15.6. The number of carbonyl (C=O) groups excluding carboxylic acids is 1.